The zero-order chi connectivity index (χ0) is 13.1. The third-order valence-electron chi connectivity index (χ3n) is 3.84. The number of aromatic hydroxyl groups is 1. The number of rotatable bonds is 4. The summed E-state index contributed by atoms with van der Waals surface area (Å²) >= 11 is 0. The van der Waals surface area contributed by atoms with Crippen molar-refractivity contribution in [3.63, 3.8) is 0 Å². The third-order valence-corrected chi connectivity index (χ3v) is 3.84. The number of amides is 1. The molecule has 1 amide bonds. The van der Waals surface area contributed by atoms with Gasteiger partial charge < -0.3 is 10.0 Å². The highest BCUT2D eigenvalue weighted by atomic mass is 16.3. The molecule has 3 nitrogen and oxygen atoms in total. The minimum Gasteiger partial charge on any atom is -0.507 e. The number of hydrogen-bond donors (Lipinski definition) is 1. The zero-order valence-corrected chi connectivity index (χ0v) is 11.1. The molecule has 98 valence electrons. The van der Waals surface area contributed by atoms with Crippen LogP contribution < -0.4 is 0 Å². The van der Waals surface area contributed by atoms with Gasteiger partial charge in [0.05, 0.1) is 5.56 Å². The highest BCUT2D eigenvalue weighted by molar-refractivity contribution is 5.97. The topological polar surface area (TPSA) is 40.5 Å². The van der Waals surface area contributed by atoms with E-state index in [9.17, 15) is 9.90 Å². The molecule has 0 aliphatic heterocycles. The molecule has 0 atom stereocenters. The van der Waals surface area contributed by atoms with Crippen LogP contribution in [0.1, 0.15) is 42.1 Å². The molecule has 18 heavy (non-hydrogen) atoms. The maximum absolute atomic E-state index is 12.4. The van der Waals surface area contributed by atoms with Gasteiger partial charge in [-0.3, -0.25) is 4.79 Å². The maximum Gasteiger partial charge on any atom is 0.257 e. The summed E-state index contributed by atoms with van der Waals surface area (Å²) in [6, 6.07) is 5.34. The molecule has 1 saturated carbocycles. The molecule has 0 aromatic heterocycles. The molecule has 0 saturated heterocycles. The molecule has 1 aliphatic rings. The molecule has 0 unspecified atom stereocenters. The SMILES string of the molecule is CCN(CC1CCC1)C(=O)c1cccc(C)c1O. The second-order valence-electron chi connectivity index (χ2n) is 5.11. The summed E-state index contributed by atoms with van der Waals surface area (Å²) in [4.78, 5) is 14.2. The molecule has 1 aliphatic carbocycles. The molecule has 0 spiro atoms. The average Bonchev–Trinajstić information content (AvgIpc) is 2.31. The predicted octanol–water partition coefficient (Wildman–Crippen LogP) is 2.96. The number of para-hydroxylation sites is 1. The predicted molar refractivity (Wildman–Crippen MR) is 71.8 cm³/mol. The van der Waals surface area contributed by atoms with Crippen LogP contribution in [0.25, 0.3) is 0 Å². The van der Waals surface area contributed by atoms with Crippen molar-refractivity contribution >= 4 is 5.91 Å². The van der Waals surface area contributed by atoms with E-state index < -0.39 is 0 Å². The first-order valence-corrected chi connectivity index (χ1v) is 6.71. The molecular weight excluding hydrogens is 226 g/mol. The first kappa shape index (κ1) is 12.9. The molecule has 1 N–H and O–H groups in total. The summed E-state index contributed by atoms with van der Waals surface area (Å²) in [6.07, 6.45) is 3.74. The van der Waals surface area contributed by atoms with Gasteiger partial charge in [-0.25, -0.2) is 0 Å². The molecule has 0 bridgehead atoms. The van der Waals surface area contributed by atoms with E-state index in [-0.39, 0.29) is 11.7 Å². The lowest BCUT2D eigenvalue weighted by molar-refractivity contribution is 0.0703. The van der Waals surface area contributed by atoms with Gasteiger partial charge in [0.2, 0.25) is 0 Å². The van der Waals surface area contributed by atoms with E-state index in [4.69, 9.17) is 0 Å². The number of hydrogen-bond acceptors (Lipinski definition) is 2. The summed E-state index contributed by atoms with van der Waals surface area (Å²) in [5.74, 6) is 0.723. The number of carbonyl (C=O) groups is 1. The Kier molecular flexibility index (Phi) is 3.90. The Morgan fingerprint density at radius 3 is 2.72 bits per heavy atom. The van der Waals surface area contributed by atoms with Crippen molar-refractivity contribution in [3.8, 4) is 5.75 Å². The summed E-state index contributed by atoms with van der Waals surface area (Å²) in [6.45, 7) is 5.32. The first-order valence-electron chi connectivity index (χ1n) is 6.71. The Morgan fingerprint density at radius 1 is 1.44 bits per heavy atom. The summed E-state index contributed by atoms with van der Waals surface area (Å²) in [5.41, 5.74) is 1.18. The van der Waals surface area contributed by atoms with E-state index in [1.54, 1.807) is 6.07 Å². The molecule has 1 fully saturated rings. The van der Waals surface area contributed by atoms with Crippen LogP contribution in [0.4, 0.5) is 0 Å². The van der Waals surface area contributed by atoms with E-state index in [2.05, 4.69) is 0 Å². The highest BCUT2D eigenvalue weighted by Crippen LogP contribution is 2.29. The lowest BCUT2D eigenvalue weighted by atomic mass is 9.85. The van der Waals surface area contributed by atoms with Crippen molar-refractivity contribution in [2.75, 3.05) is 13.1 Å². The van der Waals surface area contributed by atoms with Gasteiger partial charge in [0.25, 0.3) is 5.91 Å². The van der Waals surface area contributed by atoms with E-state index in [0.717, 1.165) is 12.1 Å². The number of phenolic OH excluding ortho intramolecular Hbond substituents is 1. The lowest BCUT2D eigenvalue weighted by Crippen LogP contribution is -2.37. The van der Waals surface area contributed by atoms with Gasteiger partial charge in [0.1, 0.15) is 5.75 Å². The van der Waals surface area contributed by atoms with Crippen LogP contribution in [0.2, 0.25) is 0 Å². The van der Waals surface area contributed by atoms with Crippen molar-refractivity contribution < 1.29 is 9.90 Å². The van der Waals surface area contributed by atoms with Gasteiger partial charge >= 0.3 is 0 Å². The number of carbonyl (C=O) groups excluding carboxylic acids is 1. The second kappa shape index (κ2) is 5.42. The van der Waals surface area contributed by atoms with Crippen molar-refractivity contribution in [1.29, 1.82) is 0 Å². The van der Waals surface area contributed by atoms with Crippen molar-refractivity contribution in [2.45, 2.75) is 33.1 Å². The first-order chi connectivity index (χ1) is 8.63. The largest absolute Gasteiger partial charge is 0.507 e. The molecule has 1 aromatic rings. The zero-order valence-electron chi connectivity index (χ0n) is 11.1. The van der Waals surface area contributed by atoms with Gasteiger partial charge in [-0.05, 0) is 44.2 Å². The average molecular weight is 247 g/mol. The van der Waals surface area contributed by atoms with Crippen LogP contribution in [0.3, 0.4) is 0 Å². The highest BCUT2D eigenvalue weighted by Gasteiger charge is 2.24. The van der Waals surface area contributed by atoms with Gasteiger partial charge in [-0.1, -0.05) is 18.6 Å². The maximum atomic E-state index is 12.4. The number of aryl methyl sites for hydroxylation is 1. The fourth-order valence-corrected chi connectivity index (χ4v) is 2.34. The lowest BCUT2D eigenvalue weighted by Gasteiger charge is -2.32. The number of benzene rings is 1. The molecular formula is C15H21NO2. The van der Waals surface area contributed by atoms with Crippen LogP contribution in [0, 0.1) is 12.8 Å². The fourth-order valence-electron chi connectivity index (χ4n) is 2.34. The molecule has 3 heteroatoms. The van der Waals surface area contributed by atoms with Crippen LogP contribution in [-0.4, -0.2) is 29.0 Å². The Hall–Kier alpha value is -1.51. The van der Waals surface area contributed by atoms with Crippen LogP contribution in [0.15, 0.2) is 18.2 Å². The van der Waals surface area contributed by atoms with E-state index in [1.807, 2.05) is 30.9 Å². The summed E-state index contributed by atoms with van der Waals surface area (Å²) in [5, 5.41) is 9.97. The summed E-state index contributed by atoms with van der Waals surface area (Å²) < 4.78 is 0. The Labute approximate surface area is 108 Å². The normalized spacial score (nSPS) is 15.2. The monoisotopic (exact) mass is 247 g/mol. The molecule has 0 radical (unpaired) electrons. The number of phenols is 1. The van der Waals surface area contributed by atoms with Crippen LogP contribution >= 0.6 is 0 Å². The van der Waals surface area contributed by atoms with E-state index >= 15 is 0 Å². The Balaban J connectivity index is 2.14. The Morgan fingerprint density at radius 2 is 2.17 bits per heavy atom. The minimum atomic E-state index is -0.0504. The van der Waals surface area contributed by atoms with Gasteiger partial charge in [0, 0.05) is 13.1 Å². The molecule has 1 aromatic carbocycles. The van der Waals surface area contributed by atoms with E-state index in [1.165, 1.54) is 19.3 Å². The second-order valence-corrected chi connectivity index (χ2v) is 5.11. The van der Waals surface area contributed by atoms with Gasteiger partial charge in [-0.15, -0.1) is 0 Å². The van der Waals surface area contributed by atoms with Crippen molar-refractivity contribution in [3.05, 3.63) is 29.3 Å². The smallest absolute Gasteiger partial charge is 0.257 e. The standard InChI is InChI=1S/C15H21NO2/c1-3-16(10-12-7-5-8-12)15(18)13-9-4-6-11(2)14(13)17/h4,6,9,12,17H,3,5,7-8,10H2,1-2H3. The van der Waals surface area contributed by atoms with Gasteiger partial charge in [0.15, 0.2) is 0 Å². The third kappa shape index (κ3) is 2.50. The minimum absolute atomic E-state index is 0.0504. The van der Waals surface area contributed by atoms with Crippen LogP contribution in [0.5, 0.6) is 5.75 Å². The molecule has 0 heterocycles. The van der Waals surface area contributed by atoms with E-state index in [0.29, 0.717) is 18.0 Å². The Bertz CT molecular complexity index is 438. The molecule has 2 rings (SSSR count). The van der Waals surface area contributed by atoms with Gasteiger partial charge in [-0.2, -0.15) is 0 Å². The quantitative estimate of drug-likeness (QED) is 0.888. The van der Waals surface area contributed by atoms with Crippen molar-refractivity contribution in [1.82, 2.24) is 4.90 Å². The fraction of sp³-hybridized carbons (Fsp3) is 0.533. The van der Waals surface area contributed by atoms with Crippen LogP contribution in [-0.2, 0) is 0 Å². The number of nitrogens with zero attached hydrogens (tertiary/aromatic N) is 1. The summed E-state index contributed by atoms with van der Waals surface area (Å²) in [7, 11) is 0. The van der Waals surface area contributed by atoms with Crippen molar-refractivity contribution in [2.24, 2.45) is 5.92 Å².